The molecule has 0 heterocycles. The molecule has 0 aromatic heterocycles. The van der Waals surface area contributed by atoms with E-state index in [4.69, 9.17) is 0 Å². The molecule has 2 rings (SSSR count). The molecule has 0 aliphatic heterocycles. The molecule has 0 fully saturated rings. The minimum Gasteiger partial charge on any atom is -0.322 e. The van der Waals surface area contributed by atoms with Gasteiger partial charge in [-0.05, 0) is 49.7 Å². The third-order valence-electron chi connectivity index (χ3n) is 3.63. The van der Waals surface area contributed by atoms with E-state index in [0.29, 0.717) is 16.2 Å². The lowest BCUT2D eigenvalue weighted by Crippen LogP contribution is -2.41. The molecule has 132 valence electrons. The van der Waals surface area contributed by atoms with E-state index >= 15 is 0 Å². The summed E-state index contributed by atoms with van der Waals surface area (Å²) in [4.78, 5) is 24.3. The van der Waals surface area contributed by atoms with Gasteiger partial charge in [0.1, 0.15) is 0 Å². The Morgan fingerprint density at radius 3 is 2.16 bits per heavy atom. The van der Waals surface area contributed by atoms with E-state index in [-0.39, 0.29) is 18.1 Å². The Morgan fingerprint density at radius 2 is 1.64 bits per heavy atom. The van der Waals surface area contributed by atoms with Crippen molar-refractivity contribution in [2.45, 2.75) is 20.0 Å². The van der Waals surface area contributed by atoms with Crippen LogP contribution in [0.5, 0.6) is 0 Å². The summed E-state index contributed by atoms with van der Waals surface area (Å²) < 4.78 is 37.8. The highest BCUT2D eigenvalue weighted by Gasteiger charge is 2.42. The van der Waals surface area contributed by atoms with E-state index in [1.54, 1.807) is 25.1 Å². The summed E-state index contributed by atoms with van der Waals surface area (Å²) in [5.74, 6) is -2.24. The molecule has 7 heteroatoms. The number of hydrogen-bond donors (Lipinski definition) is 1. The van der Waals surface area contributed by atoms with Gasteiger partial charge in [0.25, 0.3) is 5.91 Å². The van der Waals surface area contributed by atoms with Gasteiger partial charge in [0.2, 0.25) is 0 Å². The maximum Gasteiger partial charge on any atom is 0.471 e. The first-order valence-electron chi connectivity index (χ1n) is 7.59. The second-order valence-electron chi connectivity index (χ2n) is 5.36. The number of rotatable bonds is 4. The molecule has 0 saturated heterocycles. The zero-order chi connectivity index (χ0) is 18.6. The number of nitrogens with one attached hydrogen (secondary N) is 1. The summed E-state index contributed by atoms with van der Waals surface area (Å²) in [5.41, 5.74) is 1.85. The van der Waals surface area contributed by atoms with E-state index in [2.05, 4.69) is 5.32 Å². The number of hydrogen-bond acceptors (Lipinski definition) is 2. The third-order valence-corrected chi connectivity index (χ3v) is 3.63. The lowest BCUT2D eigenvalue weighted by Gasteiger charge is -2.22. The Labute approximate surface area is 143 Å². The van der Waals surface area contributed by atoms with Crippen LogP contribution in [0, 0.1) is 6.92 Å². The van der Waals surface area contributed by atoms with Gasteiger partial charge in [-0.25, -0.2) is 0 Å². The van der Waals surface area contributed by atoms with Crippen LogP contribution >= 0.6 is 0 Å². The zero-order valence-corrected chi connectivity index (χ0v) is 13.7. The molecule has 25 heavy (non-hydrogen) atoms. The molecule has 0 aliphatic rings. The molecule has 0 saturated carbocycles. The molecular formula is C18H17F3N2O2. The first-order valence-corrected chi connectivity index (χ1v) is 7.59. The number of anilines is 2. The van der Waals surface area contributed by atoms with Crippen LogP contribution in [0.15, 0.2) is 48.5 Å². The molecule has 0 atom stereocenters. The number of nitrogens with zero attached hydrogens (tertiary/aromatic N) is 1. The van der Waals surface area contributed by atoms with Gasteiger partial charge in [0, 0.05) is 23.5 Å². The highest BCUT2D eigenvalue weighted by Crippen LogP contribution is 2.25. The fourth-order valence-corrected chi connectivity index (χ4v) is 2.35. The van der Waals surface area contributed by atoms with Crippen molar-refractivity contribution in [2.24, 2.45) is 0 Å². The van der Waals surface area contributed by atoms with E-state index in [1.807, 2.05) is 6.07 Å². The van der Waals surface area contributed by atoms with Crippen LogP contribution in [0.1, 0.15) is 22.8 Å². The zero-order valence-electron chi connectivity index (χ0n) is 13.7. The maximum atomic E-state index is 12.6. The average Bonchev–Trinajstić information content (AvgIpc) is 2.56. The summed E-state index contributed by atoms with van der Waals surface area (Å²) in [6, 6.07) is 12.7. The molecule has 2 aromatic carbocycles. The van der Waals surface area contributed by atoms with Gasteiger partial charge < -0.3 is 10.2 Å². The van der Waals surface area contributed by atoms with Crippen LogP contribution in [0.2, 0.25) is 0 Å². The maximum absolute atomic E-state index is 12.6. The minimum absolute atomic E-state index is 0.110. The largest absolute Gasteiger partial charge is 0.471 e. The number of benzene rings is 2. The van der Waals surface area contributed by atoms with Gasteiger partial charge in [-0.2, -0.15) is 13.2 Å². The first-order chi connectivity index (χ1) is 11.7. The average molecular weight is 350 g/mol. The highest BCUT2D eigenvalue weighted by atomic mass is 19.4. The highest BCUT2D eigenvalue weighted by molar-refractivity contribution is 6.05. The minimum atomic E-state index is -4.94. The predicted molar refractivity (Wildman–Crippen MR) is 89.7 cm³/mol. The number of aryl methyl sites for hydroxylation is 1. The van der Waals surface area contributed by atoms with Gasteiger partial charge in [-0.15, -0.1) is 0 Å². The number of carbonyl (C=O) groups is 2. The van der Waals surface area contributed by atoms with E-state index in [9.17, 15) is 22.8 Å². The van der Waals surface area contributed by atoms with Crippen molar-refractivity contribution in [1.29, 1.82) is 0 Å². The Morgan fingerprint density at radius 1 is 1.04 bits per heavy atom. The quantitative estimate of drug-likeness (QED) is 0.900. The van der Waals surface area contributed by atoms with Gasteiger partial charge in [-0.1, -0.05) is 18.2 Å². The number of amides is 2. The summed E-state index contributed by atoms with van der Waals surface area (Å²) >= 11 is 0. The van der Waals surface area contributed by atoms with Gasteiger partial charge >= 0.3 is 12.1 Å². The molecule has 0 radical (unpaired) electrons. The Bertz CT molecular complexity index is 771. The monoisotopic (exact) mass is 350 g/mol. The second-order valence-corrected chi connectivity index (χ2v) is 5.36. The Balaban J connectivity index is 2.15. The predicted octanol–water partition coefficient (Wildman–Crippen LogP) is 4.16. The molecule has 2 amide bonds. The normalized spacial score (nSPS) is 11.1. The number of alkyl halides is 3. The molecule has 4 nitrogen and oxygen atoms in total. The van der Waals surface area contributed by atoms with Gasteiger partial charge in [0.15, 0.2) is 0 Å². The lowest BCUT2D eigenvalue weighted by molar-refractivity contribution is -0.170. The SMILES string of the molecule is CCN(C(=O)C(F)(F)F)c1ccc(NC(=O)c2ccccc2C)cc1. The second kappa shape index (κ2) is 7.38. The van der Waals surface area contributed by atoms with Gasteiger partial charge in [-0.3, -0.25) is 9.59 Å². The Kier molecular flexibility index (Phi) is 5.46. The number of halogens is 3. The molecule has 2 aromatic rings. The van der Waals surface area contributed by atoms with E-state index in [0.717, 1.165) is 5.56 Å². The summed E-state index contributed by atoms with van der Waals surface area (Å²) in [5, 5.41) is 2.68. The lowest BCUT2D eigenvalue weighted by atomic mass is 10.1. The van der Waals surface area contributed by atoms with Crippen LogP contribution < -0.4 is 10.2 Å². The van der Waals surface area contributed by atoms with Crippen molar-refractivity contribution < 1.29 is 22.8 Å². The van der Waals surface area contributed by atoms with Crippen molar-refractivity contribution in [3.8, 4) is 0 Å². The van der Waals surface area contributed by atoms with Crippen molar-refractivity contribution in [3.63, 3.8) is 0 Å². The summed E-state index contributed by atoms with van der Waals surface area (Å²) in [6.45, 7) is 3.14. The van der Waals surface area contributed by atoms with Crippen LogP contribution in [0.3, 0.4) is 0 Å². The molecule has 0 spiro atoms. The molecule has 0 bridgehead atoms. The van der Waals surface area contributed by atoms with E-state index < -0.39 is 12.1 Å². The topological polar surface area (TPSA) is 49.4 Å². The van der Waals surface area contributed by atoms with Crippen molar-refractivity contribution >= 4 is 23.2 Å². The third kappa shape index (κ3) is 4.37. The van der Waals surface area contributed by atoms with Crippen LogP contribution in [0.4, 0.5) is 24.5 Å². The first kappa shape index (κ1) is 18.5. The fourth-order valence-electron chi connectivity index (χ4n) is 2.35. The summed E-state index contributed by atoms with van der Waals surface area (Å²) in [7, 11) is 0. The van der Waals surface area contributed by atoms with E-state index in [1.165, 1.54) is 31.2 Å². The fraction of sp³-hybridized carbons (Fsp3) is 0.222. The Hall–Kier alpha value is -2.83. The van der Waals surface area contributed by atoms with Gasteiger partial charge in [0.05, 0.1) is 0 Å². The molecular weight excluding hydrogens is 333 g/mol. The van der Waals surface area contributed by atoms with Crippen LogP contribution in [-0.4, -0.2) is 24.5 Å². The summed E-state index contributed by atoms with van der Waals surface area (Å²) in [6.07, 6.45) is -4.94. The van der Waals surface area contributed by atoms with Crippen molar-refractivity contribution in [1.82, 2.24) is 0 Å². The molecule has 0 aliphatic carbocycles. The molecule has 0 unspecified atom stereocenters. The molecule has 1 N–H and O–H groups in total. The number of carbonyl (C=O) groups excluding carboxylic acids is 2. The van der Waals surface area contributed by atoms with Crippen LogP contribution in [0.25, 0.3) is 0 Å². The van der Waals surface area contributed by atoms with Crippen LogP contribution in [-0.2, 0) is 4.79 Å². The van der Waals surface area contributed by atoms with Crippen molar-refractivity contribution in [3.05, 3.63) is 59.7 Å². The van der Waals surface area contributed by atoms with Crippen molar-refractivity contribution in [2.75, 3.05) is 16.8 Å². The smallest absolute Gasteiger partial charge is 0.322 e. The standard InChI is InChI=1S/C18H17F3N2O2/c1-3-23(17(25)18(19,20)21)14-10-8-13(9-11-14)22-16(24)15-7-5-4-6-12(15)2/h4-11H,3H2,1-2H3,(H,22,24).